The van der Waals surface area contributed by atoms with Crippen LogP contribution in [0.4, 0.5) is 0 Å². The minimum absolute atomic E-state index is 0.260. The van der Waals surface area contributed by atoms with Crippen molar-refractivity contribution < 1.29 is 9.15 Å². The number of ether oxygens (including phenoxy) is 1. The third kappa shape index (κ3) is 3.61. The number of likely N-dealkylation sites (tertiary alicyclic amines) is 1. The molecule has 1 spiro atoms. The first kappa shape index (κ1) is 18.8. The van der Waals surface area contributed by atoms with Crippen molar-refractivity contribution in [2.75, 3.05) is 33.3 Å². The van der Waals surface area contributed by atoms with E-state index in [0.717, 1.165) is 44.4 Å². The van der Waals surface area contributed by atoms with E-state index in [4.69, 9.17) is 9.15 Å². The van der Waals surface area contributed by atoms with Gasteiger partial charge in [-0.25, -0.2) is 0 Å². The van der Waals surface area contributed by atoms with Gasteiger partial charge in [-0.1, -0.05) is 6.42 Å². The van der Waals surface area contributed by atoms with E-state index in [2.05, 4.69) is 33.5 Å². The summed E-state index contributed by atoms with van der Waals surface area (Å²) in [6, 6.07) is 4.80. The lowest BCUT2D eigenvalue weighted by Crippen LogP contribution is -2.68. The predicted octanol–water partition coefficient (Wildman–Crippen LogP) is 2.93. The molecule has 150 valence electrons. The number of furan rings is 1. The molecule has 1 aliphatic heterocycles. The number of nitrogens with one attached hydrogen (secondary N) is 2. The summed E-state index contributed by atoms with van der Waals surface area (Å²) in [7, 11) is 1.86. The van der Waals surface area contributed by atoms with Gasteiger partial charge in [-0.15, -0.1) is 0 Å². The highest BCUT2D eigenvalue weighted by Gasteiger charge is 2.59. The molecule has 2 saturated carbocycles. The van der Waals surface area contributed by atoms with E-state index < -0.39 is 0 Å². The van der Waals surface area contributed by atoms with Crippen LogP contribution in [0.5, 0.6) is 0 Å². The maximum atomic E-state index is 5.98. The van der Waals surface area contributed by atoms with Crippen molar-refractivity contribution in [2.45, 2.75) is 63.6 Å². The van der Waals surface area contributed by atoms with Crippen molar-refractivity contribution in [3.63, 3.8) is 0 Å². The summed E-state index contributed by atoms with van der Waals surface area (Å²) >= 11 is 0. The first-order valence-corrected chi connectivity index (χ1v) is 10.6. The second kappa shape index (κ2) is 8.23. The lowest BCUT2D eigenvalue weighted by atomic mass is 9.51. The number of guanidine groups is 1. The number of hydrogen-bond donors (Lipinski definition) is 2. The minimum Gasteiger partial charge on any atom is -0.468 e. The average molecular weight is 375 g/mol. The molecule has 0 radical (unpaired) electrons. The zero-order valence-corrected chi connectivity index (χ0v) is 16.7. The molecular formula is C21H34N4O2. The van der Waals surface area contributed by atoms with Crippen LogP contribution < -0.4 is 10.6 Å². The van der Waals surface area contributed by atoms with Gasteiger partial charge in [0.1, 0.15) is 5.76 Å². The summed E-state index contributed by atoms with van der Waals surface area (Å²) in [5.74, 6) is 1.94. The molecule has 4 rings (SSSR count). The monoisotopic (exact) mass is 374 g/mol. The zero-order valence-electron chi connectivity index (χ0n) is 16.7. The van der Waals surface area contributed by atoms with Crippen LogP contribution in [-0.4, -0.2) is 56.3 Å². The van der Waals surface area contributed by atoms with Gasteiger partial charge in [0.15, 0.2) is 5.96 Å². The molecule has 1 aromatic rings. The Labute approximate surface area is 162 Å². The Bertz CT molecular complexity index is 620. The van der Waals surface area contributed by atoms with Gasteiger partial charge in [0.05, 0.1) is 18.4 Å². The Kier molecular flexibility index (Phi) is 5.74. The van der Waals surface area contributed by atoms with Crippen molar-refractivity contribution in [3.05, 3.63) is 24.2 Å². The van der Waals surface area contributed by atoms with Crippen molar-refractivity contribution in [3.8, 4) is 0 Å². The van der Waals surface area contributed by atoms with Crippen LogP contribution in [-0.2, 0) is 4.74 Å². The molecule has 6 nitrogen and oxygen atoms in total. The molecule has 2 aliphatic carbocycles. The lowest BCUT2D eigenvalue weighted by molar-refractivity contribution is -0.168. The largest absolute Gasteiger partial charge is 0.468 e. The third-order valence-corrected chi connectivity index (χ3v) is 6.89. The minimum atomic E-state index is 0.260. The average Bonchev–Trinajstić information content (AvgIpc) is 3.32. The smallest absolute Gasteiger partial charge is 0.191 e. The fourth-order valence-electron chi connectivity index (χ4n) is 5.14. The van der Waals surface area contributed by atoms with Gasteiger partial charge in [-0.2, -0.15) is 0 Å². The Balaban J connectivity index is 1.35. The summed E-state index contributed by atoms with van der Waals surface area (Å²) in [6.45, 7) is 6.00. The molecule has 2 heterocycles. The Hall–Kier alpha value is -1.53. The van der Waals surface area contributed by atoms with Crippen LogP contribution in [0.25, 0.3) is 0 Å². The first-order valence-electron chi connectivity index (χ1n) is 10.6. The van der Waals surface area contributed by atoms with Gasteiger partial charge in [0, 0.05) is 31.7 Å². The molecule has 27 heavy (non-hydrogen) atoms. The number of nitrogens with zero attached hydrogens (tertiary/aromatic N) is 2. The number of rotatable bonds is 7. The van der Waals surface area contributed by atoms with Crippen LogP contribution in [0.15, 0.2) is 27.8 Å². The van der Waals surface area contributed by atoms with E-state index in [9.17, 15) is 0 Å². The molecule has 6 heteroatoms. The van der Waals surface area contributed by atoms with Gasteiger partial charge in [0.2, 0.25) is 0 Å². The van der Waals surface area contributed by atoms with Gasteiger partial charge in [0.25, 0.3) is 0 Å². The molecule has 3 aliphatic rings. The standard InChI is InChI=1S/C21H34N4O2/c1-3-26-19-14-18(21(19)9-7-10-21)24-20(22-2)23-15-16(17-8-6-13-27-17)25-11-4-5-12-25/h6,8,13,16,18-19H,3-5,7,9-12,14-15H2,1-2H3,(H2,22,23,24). The summed E-state index contributed by atoms with van der Waals surface area (Å²) in [5, 5.41) is 7.25. The fraction of sp³-hybridized carbons (Fsp3) is 0.762. The summed E-state index contributed by atoms with van der Waals surface area (Å²) in [6.07, 6.45) is 9.69. The van der Waals surface area contributed by atoms with Gasteiger partial charge in [-0.3, -0.25) is 9.89 Å². The highest BCUT2D eigenvalue weighted by Crippen LogP contribution is 2.57. The van der Waals surface area contributed by atoms with Gasteiger partial charge in [-0.05, 0) is 64.3 Å². The van der Waals surface area contributed by atoms with E-state index in [1.807, 2.05) is 13.1 Å². The van der Waals surface area contributed by atoms with E-state index >= 15 is 0 Å². The molecule has 1 aromatic heterocycles. The third-order valence-electron chi connectivity index (χ3n) is 6.89. The Morgan fingerprint density at radius 1 is 1.37 bits per heavy atom. The van der Waals surface area contributed by atoms with Gasteiger partial charge >= 0.3 is 0 Å². The second-order valence-electron chi connectivity index (χ2n) is 8.19. The van der Waals surface area contributed by atoms with Crippen LogP contribution >= 0.6 is 0 Å². The fourth-order valence-corrected chi connectivity index (χ4v) is 5.14. The Morgan fingerprint density at radius 3 is 2.78 bits per heavy atom. The highest BCUT2D eigenvalue weighted by atomic mass is 16.5. The maximum Gasteiger partial charge on any atom is 0.191 e. The zero-order chi connectivity index (χ0) is 18.7. The van der Waals surface area contributed by atoms with Crippen LogP contribution in [0.2, 0.25) is 0 Å². The quantitative estimate of drug-likeness (QED) is 0.568. The molecule has 3 fully saturated rings. The molecule has 1 saturated heterocycles. The van der Waals surface area contributed by atoms with Crippen molar-refractivity contribution in [2.24, 2.45) is 10.4 Å². The van der Waals surface area contributed by atoms with Crippen LogP contribution in [0, 0.1) is 5.41 Å². The SMILES string of the molecule is CCOC1CC(NC(=NC)NCC(c2ccco2)N2CCCC2)C12CCC2. The molecule has 0 bridgehead atoms. The number of hydrogen-bond acceptors (Lipinski definition) is 4. The van der Waals surface area contributed by atoms with E-state index in [1.165, 1.54) is 32.1 Å². The molecule has 2 N–H and O–H groups in total. The molecule has 0 amide bonds. The molecule has 3 atom stereocenters. The van der Waals surface area contributed by atoms with Crippen molar-refractivity contribution in [1.82, 2.24) is 15.5 Å². The topological polar surface area (TPSA) is 62.0 Å². The molecule has 3 unspecified atom stereocenters. The predicted molar refractivity (Wildman–Crippen MR) is 107 cm³/mol. The van der Waals surface area contributed by atoms with Crippen LogP contribution in [0.3, 0.4) is 0 Å². The molecule has 0 aromatic carbocycles. The second-order valence-corrected chi connectivity index (χ2v) is 8.19. The summed E-state index contributed by atoms with van der Waals surface area (Å²) in [4.78, 5) is 7.00. The van der Waals surface area contributed by atoms with E-state index in [-0.39, 0.29) is 6.04 Å². The summed E-state index contributed by atoms with van der Waals surface area (Å²) < 4.78 is 11.7. The first-order chi connectivity index (χ1) is 13.3. The van der Waals surface area contributed by atoms with Crippen molar-refractivity contribution >= 4 is 5.96 Å². The summed E-state index contributed by atoms with van der Waals surface area (Å²) in [5.41, 5.74) is 0.336. The van der Waals surface area contributed by atoms with E-state index in [0.29, 0.717) is 17.6 Å². The number of aliphatic imine (C=N–C) groups is 1. The van der Waals surface area contributed by atoms with E-state index in [1.54, 1.807) is 6.26 Å². The van der Waals surface area contributed by atoms with Gasteiger partial charge < -0.3 is 19.8 Å². The molecular weight excluding hydrogens is 340 g/mol. The highest BCUT2D eigenvalue weighted by molar-refractivity contribution is 5.80. The normalized spacial score (nSPS) is 28.6. The lowest BCUT2D eigenvalue weighted by Gasteiger charge is -2.61. The van der Waals surface area contributed by atoms with Crippen molar-refractivity contribution in [1.29, 1.82) is 0 Å². The maximum absolute atomic E-state index is 5.98. The van der Waals surface area contributed by atoms with Crippen LogP contribution in [0.1, 0.15) is 57.3 Å². The Morgan fingerprint density at radius 2 is 2.19 bits per heavy atom.